The number of rotatable bonds is 2. The van der Waals surface area contributed by atoms with Gasteiger partial charge in [-0.1, -0.05) is 57.3 Å². The molecular weight excluding hydrogens is 338 g/mol. The molecule has 0 nitrogen and oxygen atoms in total. The second-order valence-electron chi connectivity index (χ2n) is 4.04. The van der Waals surface area contributed by atoms with Crippen LogP contribution < -0.4 is 0 Å². The first-order valence-electron chi connectivity index (χ1n) is 5.34. The standard InChI is InChI=1S/C14H10BrCl2F/c1-8-6-9(3-5-13(8)18)14(15)10-2-4-11(16)12(17)7-10/h2-7,14H,1H3. The van der Waals surface area contributed by atoms with Gasteiger partial charge in [-0.2, -0.15) is 0 Å². The third-order valence-electron chi connectivity index (χ3n) is 2.71. The van der Waals surface area contributed by atoms with Crippen LogP contribution in [-0.4, -0.2) is 0 Å². The Labute approximate surface area is 124 Å². The third kappa shape index (κ3) is 2.87. The normalized spacial score (nSPS) is 12.5. The topological polar surface area (TPSA) is 0 Å². The lowest BCUT2D eigenvalue weighted by atomic mass is 10.0. The summed E-state index contributed by atoms with van der Waals surface area (Å²) in [5.74, 6) is -0.201. The summed E-state index contributed by atoms with van der Waals surface area (Å²) >= 11 is 15.5. The predicted molar refractivity (Wildman–Crippen MR) is 78.4 cm³/mol. The summed E-state index contributed by atoms with van der Waals surface area (Å²) in [4.78, 5) is -0.0356. The van der Waals surface area contributed by atoms with Crippen LogP contribution >= 0.6 is 39.1 Å². The van der Waals surface area contributed by atoms with Crippen molar-refractivity contribution in [3.8, 4) is 0 Å². The molecule has 0 saturated heterocycles. The largest absolute Gasteiger partial charge is 0.207 e. The molecule has 2 aromatic rings. The van der Waals surface area contributed by atoms with E-state index in [1.807, 2.05) is 18.2 Å². The van der Waals surface area contributed by atoms with Gasteiger partial charge in [-0.05, 0) is 41.8 Å². The summed E-state index contributed by atoms with van der Waals surface area (Å²) in [6.07, 6.45) is 0. The average molecular weight is 348 g/mol. The lowest BCUT2D eigenvalue weighted by Crippen LogP contribution is -1.95. The molecule has 1 unspecified atom stereocenters. The maximum absolute atomic E-state index is 13.2. The first-order chi connectivity index (χ1) is 8.49. The maximum atomic E-state index is 13.2. The molecule has 2 aromatic carbocycles. The zero-order valence-corrected chi connectivity index (χ0v) is 12.7. The van der Waals surface area contributed by atoms with Crippen LogP contribution in [0.15, 0.2) is 36.4 Å². The van der Waals surface area contributed by atoms with Crippen molar-refractivity contribution < 1.29 is 4.39 Å². The lowest BCUT2D eigenvalue weighted by Gasteiger charge is -2.12. The van der Waals surface area contributed by atoms with Crippen LogP contribution in [0.25, 0.3) is 0 Å². The van der Waals surface area contributed by atoms with Gasteiger partial charge < -0.3 is 0 Å². The van der Waals surface area contributed by atoms with Crippen LogP contribution in [0.1, 0.15) is 21.5 Å². The van der Waals surface area contributed by atoms with Crippen molar-refractivity contribution in [2.75, 3.05) is 0 Å². The second-order valence-corrected chi connectivity index (χ2v) is 5.77. The van der Waals surface area contributed by atoms with Gasteiger partial charge in [0, 0.05) is 0 Å². The minimum Gasteiger partial charge on any atom is -0.207 e. The summed E-state index contributed by atoms with van der Waals surface area (Å²) in [6.45, 7) is 1.74. The molecule has 0 saturated carbocycles. The molecule has 0 aromatic heterocycles. The number of hydrogen-bond acceptors (Lipinski definition) is 0. The number of alkyl halides is 1. The molecular formula is C14H10BrCl2F. The fraction of sp³-hybridized carbons (Fsp3) is 0.143. The molecule has 0 spiro atoms. The summed E-state index contributed by atoms with van der Waals surface area (Å²) in [5, 5.41) is 1.04. The zero-order valence-electron chi connectivity index (χ0n) is 9.55. The van der Waals surface area contributed by atoms with Gasteiger partial charge in [-0.3, -0.25) is 0 Å². The molecule has 0 heterocycles. The molecule has 0 fully saturated rings. The van der Waals surface area contributed by atoms with E-state index in [9.17, 15) is 4.39 Å². The molecule has 0 aliphatic rings. The van der Waals surface area contributed by atoms with E-state index in [2.05, 4.69) is 15.9 Å². The van der Waals surface area contributed by atoms with Crippen molar-refractivity contribution in [1.82, 2.24) is 0 Å². The fourth-order valence-electron chi connectivity index (χ4n) is 1.69. The van der Waals surface area contributed by atoms with Crippen LogP contribution in [0.5, 0.6) is 0 Å². The van der Waals surface area contributed by atoms with E-state index >= 15 is 0 Å². The Hall–Kier alpha value is -0.570. The SMILES string of the molecule is Cc1cc(C(Br)c2ccc(Cl)c(Cl)c2)ccc1F. The molecule has 0 bridgehead atoms. The molecule has 0 aliphatic heterocycles. The molecule has 18 heavy (non-hydrogen) atoms. The lowest BCUT2D eigenvalue weighted by molar-refractivity contribution is 0.618. The molecule has 1 atom stereocenters. The third-order valence-corrected chi connectivity index (χ3v) is 4.51. The minimum absolute atomic E-state index is 0.0356. The smallest absolute Gasteiger partial charge is 0.126 e. The van der Waals surface area contributed by atoms with E-state index in [0.29, 0.717) is 15.6 Å². The molecule has 0 N–H and O–H groups in total. The Kier molecular flexibility index (Phi) is 4.31. The molecule has 2 rings (SSSR count). The Morgan fingerprint density at radius 3 is 2.22 bits per heavy atom. The van der Waals surface area contributed by atoms with E-state index in [0.717, 1.165) is 11.1 Å². The number of halogens is 4. The monoisotopic (exact) mass is 346 g/mol. The second kappa shape index (κ2) is 5.60. The van der Waals surface area contributed by atoms with Gasteiger partial charge in [0.2, 0.25) is 0 Å². The van der Waals surface area contributed by atoms with Gasteiger partial charge in [0.25, 0.3) is 0 Å². The molecule has 4 heteroatoms. The van der Waals surface area contributed by atoms with Crippen LogP contribution in [0.4, 0.5) is 4.39 Å². The van der Waals surface area contributed by atoms with E-state index in [1.54, 1.807) is 19.1 Å². The Morgan fingerprint density at radius 2 is 1.61 bits per heavy atom. The van der Waals surface area contributed by atoms with E-state index in [1.165, 1.54) is 6.07 Å². The molecule has 94 valence electrons. The van der Waals surface area contributed by atoms with Crippen LogP contribution in [0.3, 0.4) is 0 Å². The van der Waals surface area contributed by atoms with Gasteiger partial charge in [0.15, 0.2) is 0 Å². The Bertz CT molecular complexity index is 533. The first-order valence-corrected chi connectivity index (χ1v) is 7.01. The van der Waals surface area contributed by atoms with Crippen molar-refractivity contribution in [1.29, 1.82) is 0 Å². The highest BCUT2D eigenvalue weighted by Crippen LogP contribution is 2.34. The fourth-order valence-corrected chi connectivity index (χ4v) is 2.56. The van der Waals surface area contributed by atoms with E-state index in [4.69, 9.17) is 23.2 Å². The average Bonchev–Trinajstić information content (AvgIpc) is 2.35. The predicted octanol–water partition coefficient (Wildman–Crippen LogP) is 5.93. The molecule has 0 radical (unpaired) electrons. The maximum Gasteiger partial charge on any atom is 0.126 e. The van der Waals surface area contributed by atoms with Gasteiger partial charge in [-0.15, -0.1) is 0 Å². The minimum atomic E-state index is -0.201. The number of benzene rings is 2. The van der Waals surface area contributed by atoms with E-state index < -0.39 is 0 Å². The van der Waals surface area contributed by atoms with Crippen LogP contribution in [-0.2, 0) is 0 Å². The highest BCUT2D eigenvalue weighted by atomic mass is 79.9. The first kappa shape index (κ1) is 13.9. The van der Waals surface area contributed by atoms with Gasteiger partial charge >= 0.3 is 0 Å². The molecule has 0 amide bonds. The summed E-state index contributed by atoms with van der Waals surface area (Å²) in [5.41, 5.74) is 2.58. The van der Waals surface area contributed by atoms with E-state index in [-0.39, 0.29) is 10.6 Å². The number of hydrogen-bond donors (Lipinski definition) is 0. The molecule has 0 aliphatic carbocycles. The van der Waals surface area contributed by atoms with Crippen molar-refractivity contribution in [3.63, 3.8) is 0 Å². The highest BCUT2D eigenvalue weighted by molar-refractivity contribution is 9.09. The summed E-state index contributed by atoms with van der Waals surface area (Å²) in [7, 11) is 0. The quantitative estimate of drug-likeness (QED) is 0.591. The highest BCUT2D eigenvalue weighted by Gasteiger charge is 2.13. The summed E-state index contributed by atoms with van der Waals surface area (Å²) in [6, 6.07) is 10.5. The van der Waals surface area contributed by atoms with Crippen LogP contribution in [0.2, 0.25) is 10.0 Å². The van der Waals surface area contributed by atoms with Crippen molar-refractivity contribution in [2.45, 2.75) is 11.8 Å². The Morgan fingerprint density at radius 1 is 1.00 bits per heavy atom. The van der Waals surface area contributed by atoms with Gasteiger partial charge in [0.05, 0.1) is 14.9 Å². The zero-order chi connectivity index (χ0) is 13.3. The van der Waals surface area contributed by atoms with Crippen molar-refractivity contribution in [3.05, 3.63) is 69.0 Å². The van der Waals surface area contributed by atoms with Gasteiger partial charge in [0.1, 0.15) is 5.82 Å². The summed E-state index contributed by atoms with van der Waals surface area (Å²) < 4.78 is 13.2. The van der Waals surface area contributed by atoms with Gasteiger partial charge in [-0.25, -0.2) is 4.39 Å². The Balaban J connectivity index is 2.37. The van der Waals surface area contributed by atoms with Crippen molar-refractivity contribution in [2.24, 2.45) is 0 Å². The number of aryl methyl sites for hydroxylation is 1. The van der Waals surface area contributed by atoms with Crippen molar-refractivity contribution >= 4 is 39.1 Å². The van der Waals surface area contributed by atoms with Crippen LogP contribution in [0, 0.1) is 12.7 Å².